The van der Waals surface area contributed by atoms with Gasteiger partial charge in [-0.15, -0.1) is 0 Å². The average molecular weight is 248 g/mol. The lowest BCUT2D eigenvalue weighted by atomic mass is 10.4. The molecule has 0 saturated carbocycles. The zero-order valence-electron chi connectivity index (χ0n) is 9.20. The van der Waals surface area contributed by atoms with Crippen LogP contribution in [0.1, 0.15) is 28.7 Å². The van der Waals surface area contributed by atoms with E-state index >= 15 is 0 Å². The van der Waals surface area contributed by atoms with E-state index in [1.807, 2.05) is 6.79 Å². The van der Waals surface area contributed by atoms with Gasteiger partial charge in [-0.05, 0) is 13.8 Å². The van der Waals surface area contributed by atoms with Crippen molar-refractivity contribution in [1.82, 2.24) is 0 Å². The number of rotatable bonds is 2. The third-order valence-electron chi connectivity index (χ3n) is 0.899. The minimum Gasteiger partial charge on any atom is -0.478 e. The van der Waals surface area contributed by atoms with E-state index in [4.69, 9.17) is 9.90 Å². The topological polar surface area (TPSA) is 80.7 Å². The van der Waals surface area contributed by atoms with Crippen molar-refractivity contribution in [3.8, 4) is 0 Å². The van der Waals surface area contributed by atoms with Crippen LogP contribution in [0.4, 0.5) is 0 Å². The summed E-state index contributed by atoms with van der Waals surface area (Å²) < 4.78 is 4.27. The van der Waals surface area contributed by atoms with Crippen LogP contribution in [0.2, 0.25) is 0 Å². The van der Waals surface area contributed by atoms with Gasteiger partial charge in [0.1, 0.15) is 6.79 Å². The van der Waals surface area contributed by atoms with Crippen molar-refractivity contribution in [3.05, 3.63) is 24.3 Å². The molecule has 0 aliphatic carbocycles. The highest BCUT2D eigenvalue weighted by molar-refractivity contribution is 5.86. The molecular formula is C12H24O5. The summed E-state index contributed by atoms with van der Waals surface area (Å²) in [6.45, 7) is 11.6. The number of carboxylic acids is 1. The molecule has 0 radical (unpaired) electrons. The lowest BCUT2D eigenvalue weighted by molar-refractivity contribution is -0.136. The standard InChI is InChI=1S/C5H8O2.C4H6O2.CH2O.2CH4/c1-4(2)5(6)7-3;1-3(2)4(5)6;1-2;;/h1H2,2-3H3;1H2,2H3,(H,5,6);1H2;2*1H4. The average Bonchev–Trinajstić information content (AvgIpc) is 2.20. The summed E-state index contributed by atoms with van der Waals surface area (Å²) in [5, 5.41) is 7.89. The van der Waals surface area contributed by atoms with Gasteiger partial charge in [0.05, 0.1) is 7.11 Å². The predicted molar refractivity (Wildman–Crippen MR) is 69.9 cm³/mol. The van der Waals surface area contributed by atoms with Crippen LogP contribution in [-0.2, 0) is 19.1 Å². The number of hydrogen-bond acceptors (Lipinski definition) is 4. The first-order chi connectivity index (χ1) is 6.82. The molecule has 1 N–H and O–H groups in total. The molecule has 5 heteroatoms. The quantitative estimate of drug-likeness (QED) is 0.599. The Bertz CT molecular complexity index is 231. The van der Waals surface area contributed by atoms with Gasteiger partial charge in [-0.2, -0.15) is 0 Å². The zero-order valence-corrected chi connectivity index (χ0v) is 9.20. The molecule has 0 saturated heterocycles. The molecule has 0 spiro atoms. The van der Waals surface area contributed by atoms with Gasteiger partial charge in [0, 0.05) is 11.1 Å². The largest absolute Gasteiger partial charge is 0.478 e. The van der Waals surface area contributed by atoms with Crippen molar-refractivity contribution < 1.29 is 24.2 Å². The maximum absolute atomic E-state index is 10.2. The molecule has 0 aliphatic heterocycles. The summed E-state index contributed by atoms with van der Waals surface area (Å²) >= 11 is 0. The fraction of sp³-hybridized carbons (Fsp3) is 0.417. The van der Waals surface area contributed by atoms with Crippen LogP contribution in [0.5, 0.6) is 0 Å². The molecule has 0 unspecified atom stereocenters. The number of aliphatic carboxylic acids is 1. The summed E-state index contributed by atoms with van der Waals surface area (Å²) in [4.78, 5) is 27.8. The maximum atomic E-state index is 10.2. The minimum atomic E-state index is -0.935. The van der Waals surface area contributed by atoms with Crippen molar-refractivity contribution in [3.63, 3.8) is 0 Å². The van der Waals surface area contributed by atoms with Crippen LogP contribution >= 0.6 is 0 Å². The first-order valence-corrected chi connectivity index (χ1v) is 3.74. The van der Waals surface area contributed by atoms with Crippen LogP contribution < -0.4 is 0 Å². The highest BCUT2D eigenvalue weighted by Gasteiger charge is 1.95. The number of carbonyl (C=O) groups is 3. The maximum Gasteiger partial charge on any atom is 0.332 e. The molecule has 5 nitrogen and oxygen atoms in total. The number of methoxy groups -OCH3 is 1. The fourth-order valence-corrected chi connectivity index (χ4v) is 0.174. The molecule has 0 heterocycles. The third kappa shape index (κ3) is 31.5. The summed E-state index contributed by atoms with van der Waals surface area (Å²) in [6.07, 6.45) is 0. The highest BCUT2D eigenvalue weighted by atomic mass is 16.5. The first kappa shape index (κ1) is 29.4. The summed E-state index contributed by atoms with van der Waals surface area (Å²) in [7, 11) is 1.33. The number of carbonyl (C=O) groups excluding carboxylic acids is 2. The van der Waals surface area contributed by atoms with Crippen molar-refractivity contribution >= 4 is 18.7 Å². The van der Waals surface area contributed by atoms with E-state index in [1.165, 1.54) is 14.0 Å². The molecule has 17 heavy (non-hydrogen) atoms. The number of carboxylic acid groups (broad SMARTS) is 1. The van der Waals surface area contributed by atoms with Gasteiger partial charge in [-0.3, -0.25) is 0 Å². The van der Waals surface area contributed by atoms with Gasteiger partial charge < -0.3 is 14.6 Å². The molecule has 0 amide bonds. The summed E-state index contributed by atoms with van der Waals surface area (Å²) in [5.74, 6) is -1.28. The van der Waals surface area contributed by atoms with E-state index in [0.717, 1.165) is 0 Å². The molecule has 0 aromatic carbocycles. The zero-order chi connectivity index (χ0) is 13.0. The molecule has 0 fully saturated rings. The van der Waals surface area contributed by atoms with Gasteiger partial charge in [-0.1, -0.05) is 28.0 Å². The molecule has 0 rings (SSSR count). The third-order valence-corrected chi connectivity index (χ3v) is 0.899. The Balaban J connectivity index is -0.0000000448. The van der Waals surface area contributed by atoms with E-state index in [-0.39, 0.29) is 26.4 Å². The molecule has 0 bridgehead atoms. The Morgan fingerprint density at radius 1 is 1.00 bits per heavy atom. The molecule has 0 aliphatic rings. The molecule has 0 aromatic rings. The van der Waals surface area contributed by atoms with E-state index < -0.39 is 5.97 Å². The van der Waals surface area contributed by atoms with Gasteiger partial charge in [-0.25, -0.2) is 9.59 Å². The second kappa shape index (κ2) is 19.6. The Morgan fingerprint density at radius 2 is 1.24 bits per heavy atom. The van der Waals surface area contributed by atoms with Crippen LogP contribution in [-0.4, -0.2) is 30.9 Å². The van der Waals surface area contributed by atoms with E-state index in [1.54, 1.807) is 6.92 Å². The summed E-state index contributed by atoms with van der Waals surface area (Å²) in [6, 6.07) is 0. The Morgan fingerprint density at radius 3 is 1.24 bits per heavy atom. The van der Waals surface area contributed by atoms with E-state index in [2.05, 4.69) is 17.9 Å². The van der Waals surface area contributed by atoms with Crippen molar-refractivity contribution in [2.24, 2.45) is 0 Å². The molecule has 102 valence electrons. The van der Waals surface area contributed by atoms with Gasteiger partial charge >= 0.3 is 11.9 Å². The van der Waals surface area contributed by atoms with E-state index in [9.17, 15) is 9.59 Å². The SMILES string of the molecule is C.C.C=C(C)C(=O)O.C=C(C)C(=O)OC.C=O. The van der Waals surface area contributed by atoms with Crippen molar-refractivity contribution in [2.45, 2.75) is 28.7 Å². The smallest absolute Gasteiger partial charge is 0.332 e. The molecule has 0 atom stereocenters. The summed E-state index contributed by atoms with van der Waals surface area (Å²) in [5.41, 5.74) is 0.609. The Labute approximate surface area is 104 Å². The number of hydrogen-bond donors (Lipinski definition) is 1. The normalized spacial score (nSPS) is 6.06. The highest BCUT2D eigenvalue weighted by Crippen LogP contribution is 1.87. The van der Waals surface area contributed by atoms with Gasteiger partial charge in [0.2, 0.25) is 0 Å². The van der Waals surface area contributed by atoms with Crippen LogP contribution in [0.3, 0.4) is 0 Å². The second-order valence-corrected chi connectivity index (χ2v) is 2.36. The predicted octanol–water partition coefficient (Wildman–Crippen LogP) is 2.47. The fourth-order valence-electron chi connectivity index (χ4n) is 0.174. The minimum absolute atomic E-state index is 0. The number of esters is 1. The first-order valence-electron chi connectivity index (χ1n) is 3.74. The Hall–Kier alpha value is -1.91. The van der Waals surface area contributed by atoms with Crippen molar-refractivity contribution in [2.75, 3.05) is 7.11 Å². The van der Waals surface area contributed by atoms with E-state index in [0.29, 0.717) is 5.57 Å². The molecular weight excluding hydrogens is 224 g/mol. The second-order valence-electron chi connectivity index (χ2n) is 2.36. The number of ether oxygens (including phenoxy) is 1. The van der Waals surface area contributed by atoms with Crippen LogP contribution in [0.15, 0.2) is 24.3 Å². The van der Waals surface area contributed by atoms with Crippen LogP contribution in [0.25, 0.3) is 0 Å². The molecule has 0 aromatic heterocycles. The van der Waals surface area contributed by atoms with Gasteiger partial charge in [0.15, 0.2) is 0 Å². The lowest BCUT2D eigenvalue weighted by Crippen LogP contribution is -1.98. The van der Waals surface area contributed by atoms with Crippen molar-refractivity contribution in [1.29, 1.82) is 0 Å². The van der Waals surface area contributed by atoms with Crippen LogP contribution in [0, 0.1) is 0 Å². The van der Waals surface area contributed by atoms with Gasteiger partial charge in [0.25, 0.3) is 0 Å². The Kier molecular flexibility index (Phi) is 34.0. The lowest BCUT2D eigenvalue weighted by Gasteiger charge is -1.91. The monoisotopic (exact) mass is 248 g/mol.